The van der Waals surface area contributed by atoms with Gasteiger partial charge in [-0.3, -0.25) is 25.4 Å². The minimum atomic E-state index is -4.58. The van der Waals surface area contributed by atoms with Crippen LogP contribution < -0.4 is 15.8 Å². The number of hydrogen-bond acceptors (Lipinski definition) is 4. The van der Waals surface area contributed by atoms with Gasteiger partial charge in [0.25, 0.3) is 11.8 Å². The van der Waals surface area contributed by atoms with Crippen LogP contribution in [0.15, 0.2) is 42.6 Å². The van der Waals surface area contributed by atoms with Gasteiger partial charge >= 0.3 is 6.18 Å². The van der Waals surface area contributed by atoms with Crippen LogP contribution in [0.4, 0.5) is 18.9 Å². The number of nitrogens with one attached hydrogen (secondary N) is 2. The van der Waals surface area contributed by atoms with Crippen molar-refractivity contribution in [2.24, 2.45) is 0 Å². The van der Waals surface area contributed by atoms with Crippen LogP contribution in [-0.2, 0) is 17.4 Å². The van der Waals surface area contributed by atoms with E-state index in [1.165, 1.54) is 0 Å². The molecular weight excluding hydrogens is 361 g/mol. The van der Waals surface area contributed by atoms with E-state index in [1.54, 1.807) is 0 Å². The average Bonchev–Trinajstić information content (AvgIpc) is 2.66. The second-order valence-corrected chi connectivity index (χ2v) is 6.09. The molecular formula is C18H17F3N4O2. The van der Waals surface area contributed by atoms with Crippen molar-refractivity contribution in [1.82, 2.24) is 15.8 Å². The van der Waals surface area contributed by atoms with Gasteiger partial charge in [0.05, 0.1) is 12.1 Å². The van der Waals surface area contributed by atoms with E-state index in [9.17, 15) is 22.8 Å². The Labute approximate surface area is 153 Å². The lowest BCUT2D eigenvalue weighted by Crippen LogP contribution is -2.47. The molecule has 0 bridgehead atoms. The first-order valence-electron chi connectivity index (χ1n) is 8.30. The van der Waals surface area contributed by atoms with E-state index in [0.717, 1.165) is 42.9 Å². The van der Waals surface area contributed by atoms with Crippen LogP contribution >= 0.6 is 0 Å². The van der Waals surface area contributed by atoms with Gasteiger partial charge < -0.3 is 4.90 Å². The number of pyridine rings is 1. The van der Waals surface area contributed by atoms with E-state index < -0.39 is 23.7 Å². The van der Waals surface area contributed by atoms with Gasteiger partial charge in [-0.15, -0.1) is 0 Å². The molecule has 0 atom stereocenters. The maximum atomic E-state index is 12.5. The Morgan fingerprint density at radius 1 is 1.11 bits per heavy atom. The largest absolute Gasteiger partial charge is 0.433 e. The number of hydrazine groups is 1. The summed E-state index contributed by atoms with van der Waals surface area (Å²) < 4.78 is 37.4. The zero-order valence-electron chi connectivity index (χ0n) is 14.2. The van der Waals surface area contributed by atoms with Crippen molar-refractivity contribution in [2.45, 2.75) is 19.0 Å². The smallest absolute Gasteiger partial charge is 0.362 e. The van der Waals surface area contributed by atoms with Crippen LogP contribution in [0, 0.1) is 0 Å². The molecule has 1 aliphatic heterocycles. The van der Waals surface area contributed by atoms with Crippen molar-refractivity contribution in [3.63, 3.8) is 0 Å². The molecule has 0 fully saturated rings. The summed E-state index contributed by atoms with van der Waals surface area (Å²) in [7, 11) is 0. The number of hydrogen-bond donors (Lipinski definition) is 2. The molecule has 1 aromatic carbocycles. The number of rotatable bonds is 3. The number of anilines is 1. The Hall–Kier alpha value is -3.10. The lowest BCUT2D eigenvalue weighted by Gasteiger charge is -2.30. The number of carbonyl (C=O) groups excluding carboxylic acids is 2. The molecule has 2 N–H and O–H groups in total. The maximum absolute atomic E-state index is 12.5. The Bertz CT molecular complexity index is 837. The molecule has 2 heterocycles. The summed E-state index contributed by atoms with van der Waals surface area (Å²) in [6.45, 7) is 0.782. The number of aromatic nitrogens is 1. The second kappa shape index (κ2) is 7.65. The van der Waals surface area contributed by atoms with Gasteiger partial charge in [0.2, 0.25) is 0 Å². The summed E-state index contributed by atoms with van der Waals surface area (Å²) in [6, 6.07) is 9.50. The standard InChI is InChI=1S/C18H17F3N4O2/c19-18(20,21)15-8-7-13(10-22-15)17(27)24-23-16(26)11-25-9-3-5-12-4-1-2-6-14(12)25/h1-2,4,6-8,10H,3,5,9,11H2,(H,23,26)(H,24,27). The molecule has 0 unspecified atom stereocenters. The lowest BCUT2D eigenvalue weighted by atomic mass is 10.0. The summed E-state index contributed by atoms with van der Waals surface area (Å²) in [4.78, 5) is 29.2. The minimum absolute atomic E-state index is 0.0581. The van der Waals surface area contributed by atoms with Crippen molar-refractivity contribution in [2.75, 3.05) is 18.0 Å². The first-order chi connectivity index (χ1) is 12.8. The van der Waals surface area contributed by atoms with Gasteiger partial charge in [-0.25, -0.2) is 0 Å². The molecule has 1 aliphatic rings. The fourth-order valence-corrected chi connectivity index (χ4v) is 2.88. The molecule has 0 aliphatic carbocycles. The van der Waals surface area contributed by atoms with Crippen molar-refractivity contribution >= 4 is 17.5 Å². The molecule has 2 amide bonds. The van der Waals surface area contributed by atoms with E-state index >= 15 is 0 Å². The van der Waals surface area contributed by atoms with Crippen LogP contribution in [0.2, 0.25) is 0 Å². The molecule has 27 heavy (non-hydrogen) atoms. The predicted octanol–water partition coefficient (Wildman–Crippen LogP) is 2.31. The highest BCUT2D eigenvalue weighted by Gasteiger charge is 2.32. The number of benzene rings is 1. The monoisotopic (exact) mass is 378 g/mol. The molecule has 0 spiro atoms. The Morgan fingerprint density at radius 3 is 2.59 bits per heavy atom. The highest BCUT2D eigenvalue weighted by Crippen LogP contribution is 2.27. The van der Waals surface area contributed by atoms with E-state index in [4.69, 9.17) is 0 Å². The molecule has 2 aromatic rings. The topological polar surface area (TPSA) is 74.3 Å². The van der Waals surface area contributed by atoms with E-state index in [2.05, 4.69) is 15.8 Å². The van der Waals surface area contributed by atoms with Crippen molar-refractivity contribution < 1.29 is 22.8 Å². The van der Waals surface area contributed by atoms with Gasteiger partial charge in [-0.1, -0.05) is 18.2 Å². The predicted molar refractivity (Wildman–Crippen MR) is 91.8 cm³/mol. The number of fused-ring (bicyclic) bond motifs is 1. The number of carbonyl (C=O) groups is 2. The third-order valence-electron chi connectivity index (χ3n) is 4.17. The van der Waals surface area contributed by atoms with Gasteiger partial charge in [-0.2, -0.15) is 13.2 Å². The van der Waals surface area contributed by atoms with Crippen molar-refractivity contribution in [3.05, 3.63) is 59.4 Å². The third kappa shape index (κ3) is 4.55. The van der Waals surface area contributed by atoms with E-state index in [1.807, 2.05) is 29.2 Å². The van der Waals surface area contributed by atoms with Crippen LogP contribution in [-0.4, -0.2) is 29.9 Å². The quantitative estimate of drug-likeness (QED) is 0.804. The summed E-state index contributed by atoms with van der Waals surface area (Å²) in [6.07, 6.45) is -1.89. The molecule has 0 radical (unpaired) electrons. The Kier molecular flexibility index (Phi) is 5.29. The molecule has 6 nitrogen and oxygen atoms in total. The third-order valence-corrected chi connectivity index (χ3v) is 4.17. The fourth-order valence-electron chi connectivity index (χ4n) is 2.88. The SMILES string of the molecule is O=C(CN1CCCc2ccccc21)NNC(=O)c1ccc(C(F)(F)F)nc1. The van der Waals surface area contributed by atoms with Crippen LogP contribution in [0.5, 0.6) is 0 Å². The molecule has 0 saturated carbocycles. The highest BCUT2D eigenvalue weighted by atomic mass is 19.4. The highest BCUT2D eigenvalue weighted by molar-refractivity contribution is 5.95. The zero-order valence-corrected chi connectivity index (χ0v) is 14.2. The van der Waals surface area contributed by atoms with E-state index in [0.29, 0.717) is 6.07 Å². The molecule has 9 heteroatoms. The lowest BCUT2D eigenvalue weighted by molar-refractivity contribution is -0.141. The van der Waals surface area contributed by atoms with Gasteiger partial charge in [0.15, 0.2) is 0 Å². The van der Waals surface area contributed by atoms with Crippen molar-refractivity contribution in [3.8, 4) is 0 Å². The van der Waals surface area contributed by atoms with Gasteiger partial charge in [0.1, 0.15) is 5.69 Å². The Morgan fingerprint density at radius 2 is 1.89 bits per heavy atom. The second-order valence-electron chi connectivity index (χ2n) is 6.09. The number of halogens is 3. The fraction of sp³-hybridized carbons (Fsp3) is 0.278. The first kappa shape index (κ1) is 18.7. The zero-order chi connectivity index (χ0) is 19.4. The number of alkyl halides is 3. The molecule has 3 rings (SSSR count). The maximum Gasteiger partial charge on any atom is 0.433 e. The summed E-state index contributed by atoms with van der Waals surface area (Å²) in [5.41, 5.74) is 5.42. The number of nitrogens with zero attached hydrogens (tertiary/aromatic N) is 2. The molecule has 142 valence electrons. The number of para-hydroxylation sites is 1. The van der Waals surface area contributed by atoms with Crippen molar-refractivity contribution in [1.29, 1.82) is 0 Å². The average molecular weight is 378 g/mol. The van der Waals surface area contributed by atoms with Gasteiger partial charge in [0, 0.05) is 18.4 Å². The molecule has 0 saturated heterocycles. The minimum Gasteiger partial charge on any atom is -0.362 e. The number of amides is 2. The van der Waals surface area contributed by atoms with Gasteiger partial charge in [-0.05, 0) is 36.6 Å². The van der Waals surface area contributed by atoms with E-state index in [-0.39, 0.29) is 12.1 Å². The summed E-state index contributed by atoms with van der Waals surface area (Å²) in [5.74, 6) is -1.18. The number of aryl methyl sites for hydroxylation is 1. The normalized spacial score (nSPS) is 13.7. The van der Waals surface area contributed by atoms with Crippen LogP contribution in [0.25, 0.3) is 0 Å². The molecule has 1 aromatic heterocycles. The first-order valence-corrected chi connectivity index (χ1v) is 8.30. The summed E-state index contributed by atoms with van der Waals surface area (Å²) in [5, 5.41) is 0. The van der Waals surface area contributed by atoms with Crippen LogP contribution in [0.3, 0.4) is 0 Å². The summed E-state index contributed by atoms with van der Waals surface area (Å²) >= 11 is 0. The van der Waals surface area contributed by atoms with Crippen LogP contribution in [0.1, 0.15) is 28.0 Å². The Balaban J connectivity index is 1.54.